The van der Waals surface area contributed by atoms with E-state index in [1.807, 2.05) is 30.3 Å². The van der Waals surface area contributed by atoms with Gasteiger partial charge in [0.25, 0.3) is 5.69 Å². The molecule has 0 spiro atoms. The third kappa shape index (κ3) is 2.79. The Labute approximate surface area is 125 Å². The zero-order valence-electron chi connectivity index (χ0n) is 11.1. The molecule has 1 heterocycles. The molecular formula is C16H13NO3S. The topological polar surface area (TPSA) is 63.4 Å². The molecule has 3 aromatic rings. The Balaban J connectivity index is 1.89. The predicted molar refractivity (Wildman–Crippen MR) is 83.6 cm³/mol. The molecule has 0 saturated heterocycles. The van der Waals surface area contributed by atoms with Crippen LogP contribution in [-0.4, -0.2) is 10.0 Å². The lowest BCUT2D eigenvalue weighted by Gasteiger charge is -2.08. The molecular weight excluding hydrogens is 286 g/mol. The average molecular weight is 299 g/mol. The Hall–Kier alpha value is -2.24. The van der Waals surface area contributed by atoms with Crippen molar-refractivity contribution < 1.29 is 10.0 Å². The number of fused-ring (bicyclic) bond motifs is 1. The van der Waals surface area contributed by atoms with Gasteiger partial charge in [-0.15, -0.1) is 11.3 Å². The van der Waals surface area contributed by atoms with E-state index in [0.717, 1.165) is 15.0 Å². The first-order valence-electron chi connectivity index (χ1n) is 6.54. The Morgan fingerprint density at radius 2 is 1.86 bits per heavy atom. The van der Waals surface area contributed by atoms with E-state index < -0.39 is 11.0 Å². The molecule has 1 atom stereocenters. The molecule has 4 nitrogen and oxygen atoms in total. The minimum absolute atomic E-state index is 0.0534. The number of nitrogens with zero attached hydrogens (tertiary/aromatic N) is 1. The molecule has 21 heavy (non-hydrogen) atoms. The lowest BCUT2D eigenvalue weighted by molar-refractivity contribution is -0.385. The number of aliphatic hydroxyl groups excluding tert-OH is 1. The van der Waals surface area contributed by atoms with Crippen molar-refractivity contribution in [3.63, 3.8) is 0 Å². The minimum atomic E-state index is -0.733. The second-order valence-corrected chi connectivity index (χ2v) is 5.91. The maximum atomic E-state index is 11.0. The van der Waals surface area contributed by atoms with Crippen LogP contribution in [0.5, 0.6) is 0 Å². The zero-order valence-corrected chi connectivity index (χ0v) is 11.9. The van der Waals surface area contributed by atoms with Crippen LogP contribution in [-0.2, 0) is 6.42 Å². The number of hydrogen-bond donors (Lipinski definition) is 1. The number of aliphatic hydroxyl groups is 1. The van der Waals surface area contributed by atoms with Crippen LogP contribution >= 0.6 is 11.3 Å². The summed E-state index contributed by atoms with van der Waals surface area (Å²) in [7, 11) is 0. The number of para-hydroxylation sites is 1. The fourth-order valence-electron chi connectivity index (χ4n) is 2.34. The van der Waals surface area contributed by atoms with Gasteiger partial charge in [-0.05, 0) is 17.5 Å². The van der Waals surface area contributed by atoms with Crippen LogP contribution in [0.1, 0.15) is 16.5 Å². The van der Waals surface area contributed by atoms with Gasteiger partial charge in [0.1, 0.15) is 0 Å². The number of nitro groups is 1. The van der Waals surface area contributed by atoms with Gasteiger partial charge in [-0.1, -0.05) is 36.4 Å². The number of nitro benzene ring substituents is 1. The van der Waals surface area contributed by atoms with E-state index in [-0.39, 0.29) is 12.1 Å². The molecule has 3 rings (SSSR count). The van der Waals surface area contributed by atoms with Crippen molar-refractivity contribution in [1.29, 1.82) is 0 Å². The van der Waals surface area contributed by atoms with E-state index in [1.54, 1.807) is 18.2 Å². The van der Waals surface area contributed by atoms with Crippen molar-refractivity contribution in [3.05, 3.63) is 75.2 Å². The van der Waals surface area contributed by atoms with E-state index in [0.29, 0.717) is 5.56 Å². The van der Waals surface area contributed by atoms with E-state index in [1.165, 1.54) is 17.4 Å². The van der Waals surface area contributed by atoms with Crippen LogP contribution in [0.2, 0.25) is 0 Å². The number of benzene rings is 2. The van der Waals surface area contributed by atoms with Gasteiger partial charge in [0, 0.05) is 27.6 Å². The highest BCUT2D eigenvalue weighted by Gasteiger charge is 2.18. The summed E-state index contributed by atoms with van der Waals surface area (Å²) in [5.74, 6) is 0. The van der Waals surface area contributed by atoms with Crippen molar-refractivity contribution in [2.75, 3.05) is 0 Å². The minimum Gasteiger partial charge on any atom is -0.387 e. The maximum Gasteiger partial charge on any atom is 0.272 e. The highest BCUT2D eigenvalue weighted by atomic mass is 32.1. The first-order valence-corrected chi connectivity index (χ1v) is 7.35. The summed E-state index contributed by atoms with van der Waals surface area (Å²) in [4.78, 5) is 11.4. The first-order chi connectivity index (χ1) is 10.1. The number of hydrogen-bond acceptors (Lipinski definition) is 4. The average Bonchev–Trinajstić information content (AvgIpc) is 2.91. The van der Waals surface area contributed by atoms with Gasteiger partial charge in [-0.2, -0.15) is 0 Å². The molecule has 2 aromatic carbocycles. The second-order valence-electron chi connectivity index (χ2n) is 4.79. The van der Waals surface area contributed by atoms with Crippen molar-refractivity contribution in [3.8, 4) is 0 Å². The quantitative estimate of drug-likeness (QED) is 0.583. The summed E-state index contributed by atoms with van der Waals surface area (Å²) < 4.78 is 1.11. The van der Waals surface area contributed by atoms with Crippen molar-refractivity contribution in [2.24, 2.45) is 0 Å². The highest BCUT2D eigenvalue weighted by molar-refractivity contribution is 7.19. The monoisotopic (exact) mass is 299 g/mol. The molecule has 1 N–H and O–H groups in total. The Kier molecular flexibility index (Phi) is 3.68. The van der Waals surface area contributed by atoms with Crippen LogP contribution in [0.15, 0.2) is 54.6 Å². The van der Waals surface area contributed by atoms with Crippen molar-refractivity contribution >= 4 is 27.1 Å². The molecule has 106 valence electrons. The van der Waals surface area contributed by atoms with Crippen LogP contribution < -0.4 is 0 Å². The summed E-state index contributed by atoms with van der Waals surface area (Å²) in [6.45, 7) is 0. The molecule has 0 aliphatic rings. The smallest absolute Gasteiger partial charge is 0.272 e. The molecule has 0 bridgehead atoms. The molecule has 0 saturated carbocycles. The largest absolute Gasteiger partial charge is 0.387 e. The number of rotatable bonds is 4. The lowest BCUT2D eigenvalue weighted by Crippen LogP contribution is -2.02. The summed E-state index contributed by atoms with van der Waals surface area (Å²) in [5.41, 5.74) is 0.602. The molecule has 0 fully saturated rings. The maximum absolute atomic E-state index is 11.0. The third-order valence-corrected chi connectivity index (χ3v) is 4.59. The van der Waals surface area contributed by atoms with E-state index in [2.05, 4.69) is 0 Å². The highest BCUT2D eigenvalue weighted by Crippen LogP contribution is 2.32. The van der Waals surface area contributed by atoms with Gasteiger partial charge in [0.05, 0.1) is 11.0 Å². The number of thiophene rings is 1. The van der Waals surface area contributed by atoms with Gasteiger partial charge in [0.2, 0.25) is 0 Å². The van der Waals surface area contributed by atoms with E-state index in [9.17, 15) is 15.2 Å². The molecule has 1 unspecified atom stereocenters. The standard InChI is InChI=1S/C16H13NO3S/c18-14(9-11-5-1-3-7-13(11)17(19)20)16-10-12-6-2-4-8-15(12)21-16/h1-8,10,14,18H,9H2. The van der Waals surface area contributed by atoms with Crippen LogP contribution in [0.3, 0.4) is 0 Å². The summed E-state index contributed by atoms with van der Waals surface area (Å²) in [5, 5.41) is 22.5. The third-order valence-electron chi connectivity index (χ3n) is 3.37. The fourth-order valence-corrected chi connectivity index (χ4v) is 3.39. The molecule has 0 aliphatic carbocycles. The first kappa shape index (κ1) is 13.7. The van der Waals surface area contributed by atoms with Crippen LogP contribution in [0.4, 0.5) is 5.69 Å². The summed E-state index contributed by atoms with van der Waals surface area (Å²) >= 11 is 1.52. The van der Waals surface area contributed by atoms with Gasteiger partial charge >= 0.3 is 0 Å². The Morgan fingerprint density at radius 3 is 2.62 bits per heavy atom. The second kappa shape index (κ2) is 5.63. The summed E-state index contributed by atoms with van der Waals surface area (Å²) in [6.07, 6.45) is -0.493. The Morgan fingerprint density at radius 1 is 1.14 bits per heavy atom. The van der Waals surface area contributed by atoms with Gasteiger partial charge < -0.3 is 5.11 Å². The SMILES string of the molecule is O=[N+]([O-])c1ccccc1CC(O)c1cc2ccccc2s1. The van der Waals surface area contributed by atoms with Gasteiger partial charge in [-0.3, -0.25) is 10.1 Å². The van der Waals surface area contributed by atoms with Crippen molar-refractivity contribution in [2.45, 2.75) is 12.5 Å². The van der Waals surface area contributed by atoms with Gasteiger partial charge in [0.15, 0.2) is 0 Å². The predicted octanol–water partition coefficient (Wildman–Crippen LogP) is 4.09. The molecule has 5 heteroatoms. The lowest BCUT2D eigenvalue weighted by atomic mass is 10.0. The van der Waals surface area contributed by atoms with Crippen molar-refractivity contribution in [1.82, 2.24) is 0 Å². The molecule has 0 amide bonds. The normalized spacial score (nSPS) is 12.4. The Bertz CT molecular complexity index is 764. The summed E-state index contributed by atoms with van der Waals surface area (Å²) in [6, 6.07) is 16.4. The van der Waals surface area contributed by atoms with E-state index in [4.69, 9.17) is 0 Å². The van der Waals surface area contributed by atoms with E-state index >= 15 is 0 Å². The van der Waals surface area contributed by atoms with Gasteiger partial charge in [-0.25, -0.2) is 0 Å². The molecule has 1 aromatic heterocycles. The molecule has 0 radical (unpaired) electrons. The molecule has 0 aliphatic heterocycles. The fraction of sp³-hybridized carbons (Fsp3) is 0.125. The zero-order chi connectivity index (χ0) is 14.8. The van der Waals surface area contributed by atoms with Crippen LogP contribution in [0, 0.1) is 10.1 Å². The van der Waals surface area contributed by atoms with Crippen LogP contribution in [0.25, 0.3) is 10.1 Å².